The highest BCUT2D eigenvalue weighted by molar-refractivity contribution is 6.72. The van der Waals surface area contributed by atoms with Gasteiger partial charge in [-0.15, -0.1) is 5.10 Å². The first-order valence-corrected chi connectivity index (χ1v) is 23.0. The Labute approximate surface area is 319 Å². The van der Waals surface area contributed by atoms with Crippen LogP contribution in [-0.4, -0.2) is 72.0 Å². The number of hydrogen-bond acceptors (Lipinski definition) is 7. The maximum absolute atomic E-state index is 16.6. The van der Waals surface area contributed by atoms with Crippen molar-refractivity contribution >= 4 is 43.2 Å². The monoisotopic (exact) mass is 758 g/mol. The van der Waals surface area contributed by atoms with E-state index < -0.39 is 31.6 Å². The van der Waals surface area contributed by atoms with Gasteiger partial charge in [-0.25, -0.2) is 0 Å². The number of aliphatic hydroxyl groups is 1. The van der Waals surface area contributed by atoms with Crippen LogP contribution in [0.5, 0.6) is 0 Å². The van der Waals surface area contributed by atoms with E-state index in [1.165, 1.54) is 0 Å². The summed E-state index contributed by atoms with van der Waals surface area (Å²) in [7, 11) is -3.41. The molecular formula is C41H55FN6O5Si. The van der Waals surface area contributed by atoms with Crippen LogP contribution in [0.15, 0.2) is 48.7 Å². The van der Waals surface area contributed by atoms with E-state index in [9.17, 15) is 14.7 Å². The molecule has 3 aromatic rings. The van der Waals surface area contributed by atoms with E-state index in [2.05, 4.69) is 10.3 Å². The molecule has 11 nitrogen and oxygen atoms in total. The Hall–Kier alpha value is -3.94. The average molecular weight is 759 g/mol. The average Bonchev–Trinajstić information content (AvgIpc) is 3.77. The summed E-state index contributed by atoms with van der Waals surface area (Å²) >= 11 is 0. The molecule has 1 N–H and O–H groups in total. The molecule has 0 unspecified atom stereocenters. The number of anilines is 3. The minimum absolute atomic E-state index is 0.0283. The van der Waals surface area contributed by atoms with Crippen LogP contribution in [0.4, 0.5) is 21.2 Å². The molecule has 4 atom stereocenters. The Morgan fingerprint density at radius 2 is 1.52 bits per heavy atom. The summed E-state index contributed by atoms with van der Waals surface area (Å²) in [6, 6.07) is 13.7. The molecule has 5 heterocycles. The summed E-state index contributed by atoms with van der Waals surface area (Å²) in [5.74, 6) is -0.483. The molecule has 13 heteroatoms. The molecule has 2 aromatic carbocycles. The zero-order valence-corrected chi connectivity index (χ0v) is 33.0. The molecule has 290 valence electrons. The van der Waals surface area contributed by atoms with Crippen molar-refractivity contribution in [3.8, 4) is 0 Å². The van der Waals surface area contributed by atoms with E-state index >= 15 is 8.90 Å². The maximum atomic E-state index is 16.6. The third-order valence-electron chi connectivity index (χ3n) is 12.1. The number of halogens is 1. The molecule has 4 aliphatic rings. The van der Waals surface area contributed by atoms with Crippen LogP contribution >= 0.6 is 0 Å². The van der Waals surface area contributed by atoms with Crippen molar-refractivity contribution in [3.05, 3.63) is 65.5 Å². The van der Waals surface area contributed by atoms with Gasteiger partial charge in [-0.1, -0.05) is 50.0 Å². The number of nitrogens with zero attached hydrogens (tertiary/aromatic N) is 6. The van der Waals surface area contributed by atoms with Crippen LogP contribution in [0.2, 0.25) is 18.6 Å². The molecule has 3 saturated heterocycles. The van der Waals surface area contributed by atoms with Crippen LogP contribution in [0, 0.1) is 5.92 Å². The first-order valence-electron chi connectivity index (χ1n) is 20.0. The molecule has 54 heavy (non-hydrogen) atoms. The lowest BCUT2D eigenvalue weighted by Gasteiger charge is -2.32. The van der Waals surface area contributed by atoms with Gasteiger partial charge in [0.15, 0.2) is 5.60 Å². The van der Waals surface area contributed by atoms with E-state index in [4.69, 9.17) is 4.74 Å². The summed E-state index contributed by atoms with van der Waals surface area (Å²) < 4.78 is 25.3. The molecule has 4 aliphatic heterocycles. The number of aryl methyl sites for hydroxylation is 1. The Balaban J connectivity index is 1.24. The lowest BCUT2D eigenvalue weighted by Crippen LogP contribution is -2.45. The molecule has 0 bridgehead atoms. The lowest BCUT2D eigenvalue weighted by molar-refractivity contribution is -0.146. The molecule has 1 aromatic heterocycles. The second kappa shape index (κ2) is 16.0. The fraction of sp³-hybridized carbons (Fsp3) is 0.585. The Morgan fingerprint density at radius 3 is 2.17 bits per heavy atom. The molecular weight excluding hydrogens is 704 g/mol. The molecule has 3 amide bonds. The summed E-state index contributed by atoms with van der Waals surface area (Å²) in [5, 5.41) is 17.7. The predicted octanol–water partition coefficient (Wildman–Crippen LogP) is 6.82. The summed E-state index contributed by atoms with van der Waals surface area (Å²) in [5.41, 5.74) is 2.65. The van der Waals surface area contributed by atoms with Crippen molar-refractivity contribution in [1.29, 1.82) is 0 Å². The van der Waals surface area contributed by atoms with Gasteiger partial charge >= 0.3 is 0 Å². The number of amides is 3. The van der Waals surface area contributed by atoms with Crippen LogP contribution in [-0.2, 0) is 44.2 Å². The van der Waals surface area contributed by atoms with Gasteiger partial charge in [-0.05, 0) is 81.1 Å². The van der Waals surface area contributed by atoms with Crippen molar-refractivity contribution in [2.75, 3.05) is 34.4 Å². The minimum Gasteiger partial charge on any atom is -0.396 e. The van der Waals surface area contributed by atoms with Gasteiger partial charge in [0, 0.05) is 80.1 Å². The number of carbonyl (C=O) groups is 3. The summed E-state index contributed by atoms with van der Waals surface area (Å²) in [4.78, 5) is 47.0. The van der Waals surface area contributed by atoms with Gasteiger partial charge < -0.3 is 28.7 Å². The quantitative estimate of drug-likeness (QED) is 0.178. The Kier molecular flexibility index (Phi) is 11.4. The van der Waals surface area contributed by atoms with E-state index in [0.717, 1.165) is 68.3 Å². The molecule has 3 fully saturated rings. The SMILES string of the molecule is C[C@@H]1[C@@H]([Si](C)(C)F)[C@H](CCn2cc(CCO)nn2)O[C@@]12C(=O)N(Cc1ccc(N3CCCCCCC3=O)cc1)c1ccc(N3CCCCCCC3=O)cc12. The van der Waals surface area contributed by atoms with Crippen LogP contribution in [0.3, 0.4) is 0 Å². The molecule has 0 radical (unpaired) electrons. The highest BCUT2D eigenvalue weighted by Crippen LogP contribution is 2.60. The van der Waals surface area contributed by atoms with Gasteiger partial charge in [0.05, 0.1) is 24.0 Å². The van der Waals surface area contributed by atoms with E-state index in [-0.39, 0.29) is 30.9 Å². The van der Waals surface area contributed by atoms with Gasteiger partial charge in [0.1, 0.15) is 0 Å². The zero-order chi connectivity index (χ0) is 38.0. The molecule has 0 saturated carbocycles. The normalized spacial score (nSPS) is 25.5. The van der Waals surface area contributed by atoms with Gasteiger partial charge in [-0.3, -0.25) is 19.1 Å². The van der Waals surface area contributed by atoms with Crippen molar-refractivity contribution in [3.63, 3.8) is 0 Å². The number of fused-ring (bicyclic) bond motifs is 2. The number of rotatable bonds is 10. The van der Waals surface area contributed by atoms with Crippen LogP contribution in [0.25, 0.3) is 0 Å². The number of benzene rings is 2. The van der Waals surface area contributed by atoms with Crippen molar-refractivity contribution in [1.82, 2.24) is 15.0 Å². The predicted molar refractivity (Wildman–Crippen MR) is 208 cm³/mol. The highest BCUT2D eigenvalue weighted by atomic mass is 28.4. The second-order valence-electron chi connectivity index (χ2n) is 16.2. The first kappa shape index (κ1) is 38.3. The number of aliphatic hydroxyl groups excluding tert-OH is 1. The van der Waals surface area contributed by atoms with Gasteiger partial charge in [-0.2, -0.15) is 0 Å². The Morgan fingerprint density at radius 1 is 0.889 bits per heavy atom. The standard InChI is InChI=1S/C41H55FN6O5Si/c1-29-39(54(2,3)42)36(20-24-45-28-31(21-25-49)43-44-45)53-41(29)34-26-33(47-23-11-7-5-9-13-38(47)51)18-19-35(34)48(40(41)52)27-30-14-16-32(17-15-30)46-22-10-6-4-8-12-37(46)50/h14-19,26,28-29,36,39,49H,4-13,20-25,27H2,1-3H3/t29-,36+,39-,41+/m1/s1. The zero-order valence-electron chi connectivity index (χ0n) is 32.0. The minimum atomic E-state index is -3.41. The molecule has 1 spiro atoms. The van der Waals surface area contributed by atoms with Crippen LogP contribution < -0.4 is 14.7 Å². The van der Waals surface area contributed by atoms with Gasteiger partial charge in [0.2, 0.25) is 20.2 Å². The van der Waals surface area contributed by atoms with Crippen molar-refractivity contribution in [2.24, 2.45) is 5.92 Å². The third kappa shape index (κ3) is 7.51. The van der Waals surface area contributed by atoms with E-state index in [1.54, 1.807) is 28.9 Å². The number of aromatic nitrogens is 3. The van der Waals surface area contributed by atoms with Crippen molar-refractivity contribution in [2.45, 2.75) is 127 Å². The fourth-order valence-corrected chi connectivity index (χ4v) is 11.9. The Bertz CT molecular complexity index is 1830. The second-order valence-corrected chi connectivity index (χ2v) is 20.0. The fourth-order valence-electron chi connectivity index (χ4n) is 9.40. The number of carbonyl (C=O) groups excluding carboxylic acids is 3. The highest BCUT2D eigenvalue weighted by Gasteiger charge is 2.66. The third-order valence-corrected chi connectivity index (χ3v) is 14.5. The van der Waals surface area contributed by atoms with Gasteiger partial charge in [0.25, 0.3) is 5.91 Å². The van der Waals surface area contributed by atoms with Crippen molar-refractivity contribution < 1.29 is 28.3 Å². The topological polar surface area (TPSA) is 121 Å². The summed E-state index contributed by atoms with van der Waals surface area (Å²) in [6.07, 6.45) is 11.0. The first-order chi connectivity index (χ1) is 26.0. The van der Waals surface area contributed by atoms with Crippen LogP contribution in [0.1, 0.15) is 94.4 Å². The smallest absolute Gasteiger partial charge is 0.264 e. The number of hydrogen-bond donors (Lipinski definition) is 1. The lowest BCUT2D eigenvalue weighted by atomic mass is 9.82. The van der Waals surface area contributed by atoms with E-state index in [0.29, 0.717) is 62.3 Å². The van der Waals surface area contributed by atoms with E-state index in [1.807, 2.05) is 59.2 Å². The molecule has 7 rings (SSSR count). The largest absolute Gasteiger partial charge is 0.396 e. The maximum Gasteiger partial charge on any atom is 0.264 e. The summed E-state index contributed by atoms with van der Waals surface area (Å²) in [6.45, 7) is 7.34. The molecule has 0 aliphatic carbocycles. The number of ether oxygens (including phenoxy) is 1.